The van der Waals surface area contributed by atoms with Crippen LogP contribution in [0.3, 0.4) is 0 Å². The minimum atomic E-state index is -3.61. The number of halogens is 1. The molecule has 1 aromatic rings. The lowest BCUT2D eigenvalue weighted by Gasteiger charge is -2.22. The molecular weight excluding hydrogens is 272 g/mol. The Hall–Kier alpha value is -0.780. The van der Waals surface area contributed by atoms with E-state index < -0.39 is 10.0 Å². The van der Waals surface area contributed by atoms with Crippen LogP contribution in [-0.4, -0.2) is 25.3 Å². The van der Waals surface area contributed by atoms with Crippen LogP contribution in [0.4, 0.5) is 5.69 Å². The highest BCUT2D eigenvalue weighted by atomic mass is 35.5. The van der Waals surface area contributed by atoms with Gasteiger partial charge >= 0.3 is 0 Å². The molecule has 2 atom stereocenters. The molecule has 1 heterocycles. The molecule has 1 fully saturated rings. The van der Waals surface area contributed by atoms with E-state index in [0.29, 0.717) is 12.5 Å². The molecule has 4 nitrogen and oxygen atoms in total. The molecule has 1 saturated heterocycles. The number of rotatable bonds is 2. The Labute approximate surface area is 113 Å². The molecule has 2 unspecified atom stereocenters. The van der Waals surface area contributed by atoms with Crippen LogP contribution in [0.2, 0.25) is 5.02 Å². The summed E-state index contributed by atoms with van der Waals surface area (Å²) < 4.78 is 26.7. The number of anilines is 1. The first-order valence-electron chi connectivity index (χ1n) is 5.90. The van der Waals surface area contributed by atoms with Gasteiger partial charge in [-0.1, -0.05) is 24.6 Å². The van der Waals surface area contributed by atoms with Crippen LogP contribution in [0.5, 0.6) is 0 Å². The summed E-state index contributed by atoms with van der Waals surface area (Å²) in [5, 5.41) is 0.182. The number of sulfonamides is 1. The van der Waals surface area contributed by atoms with Gasteiger partial charge in [-0.15, -0.1) is 0 Å². The third kappa shape index (κ3) is 2.22. The molecule has 1 aromatic carbocycles. The molecule has 0 aliphatic carbocycles. The molecule has 0 bridgehead atoms. The molecule has 1 aliphatic heterocycles. The van der Waals surface area contributed by atoms with Crippen molar-refractivity contribution in [3.05, 3.63) is 23.2 Å². The Balaban J connectivity index is 2.49. The number of benzene rings is 1. The van der Waals surface area contributed by atoms with Crippen LogP contribution in [-0.2, 0) is 10.0 Å². The Bertz CT molecular complexity index is 539. The van der Waals surface area contributed by atoms with Gasteiger partial charge in [0.15, 0.2) is 0 Å². The lowest BCUT2D eigenvalue weighted by atomic mass is 10.1. The zero-order chi connectivity index (χ0) is 13.5. The predicted octanol–water partition coefficient (Wildman–Crippen LogP) is 2.34. The van der Waals surface area contributed by atoms with E-state index in [-0.39, 0.29) is 21.6 Å². The summed E-state index contributed by atoms with van der Waals surface area (Å²) in [5.74, 6) is 0.360. The van der Waals surface area contributed by atoms with E-state index in [1.54, 1.807) is 18.2 Å². The molecule has 1 aliphatic rings. The maximum absolute atomic E-state index is 12.6. The Kier molecular flexibility index (Phi) is 3.58. The fraction of sp³-hybridized carbons (Fsp3) is 0.500. The summed E-state index contributed by atoms with van der Waals surface area (Å²) in [6.07, 6.45) is 0.865. The number of hydrogen-bond donors (Lipinski definition) is 1. The van der Waals surface area contributed by atoms with Gasteiger partial charge in [0, 0.05) is 12.6 Å². The summed E-state index contributed by atoms with van der Waals surface area (Å²) in [6.45, 7) is 4.48. The summed E-state index contributed by atoms with van der Waals surface area (Å²) in [6, 6.07) is 4.74. The van der Waals surface area contributed by atoms with Crippen molar-refractivity contribution < 1.29 is 8.42 Å². The van der Waals surface area contributed by atoms with Crippen LogP contribution in [0, 0.1) is 5.92 Å². The van der Waals surface area contributed by atoms with Gasteiger partial charge in [-0.05, 0) is 31.4 Å². The van der Waals surface area contributed by atoms with Crippen molar-refractivity contribution >= 4 is 27.3 Å². The lowest BCUT2D eigenvalue weighted by molar-refractivity contribution is 0.406. The van der Waals surface area contributed by atoms with Crippen molar-refractivity contribution in [2.45, 2.75) is 31.2 Å². The quantitative estimate of drug-likeness (QED) is 0.850. The fourth-order valence-corrected chi connectivity index (χ4v) is 4.91. The SMILES string of the molecule is CC1CC(C)N(S(=O)(=O)c2c(N)cccc2Cl)C1. The Morgan fingerprint density at radius 1 is 1.39 bits per heavy atom. The van der Waals surface area contributed by atoms with Crippen molar-refractivity contribution in [1.29, 1.82) is 0 Å². The van der Waals surface area contributed by atoms with Gasteiger partial charge in [-0.2, -0.15) is 4.31 Å². The van der Waals surface area contributed by atoms with Gasteiger partial charge in [-0.25, -0.2) is 8.42 Å². The van der Waals surface area contributed by atoms with E-state index in [1.807, 2.05) is 13.8 Å². The highest BCUT2D eigenvalue weighted by molar-refractivity contribution is 7.89. The summed E-state index contributed by atoms with van der Waals surface area (Å²) in [4.78, 5) is 0.0348. The highest BCUT2D eigenvalue weighted by Crippen LogP contribution is 2.34. The topological polar surface area (TPSA) is 63.4 Å². The average molecular weight is 289 g/mol. The Morgan fingerprint density at radius 2 is 2.06 bits per heavy atom. The maximum Gasteiger partial charge on any atom is 0.246 e. The van der Waals surface area contributed by atoms with Gasteiger partial charge in [-0.3, -0.25) is 0 Å². The molecule has 0 radical (unpaired) electrons. The minimum absolute atomic E-state index is 0.0133. The molecule has 2 N–H and O–H groups in total. The second kappa shape index (κ2) is 4.72. The van der Waals surface area contributed by atoms with E-state index in [4.69, 9.17) is 17.3 Å². The average Bonchev–Trinajstić information content (AvgIpc) is 2.57. The van der Waals surface area contributed by atoms with Gasteiger partial charge in [0.05, 0.1) is 10.7 Å². The van der Waals surface area contributed by atoms with Crippen LogP contribution < -0.4 is 5.73 Å². The minimum Gasteiger partial charge on any atom is -0.398 e. The third-order valence-corrected chi connectivity index (χ3v) is 5.82. The molecule has 0 aromatic heterocycles. The maximum atomic E-state index is 12.6. The molecule has 0 saturated carbocycles. The summed E-state index contributed by atoms with van der Waals surface area (Å²) in [5.41, 5.74) is 5.97. The number of hydrogen-bond acceptors (Lipinski definition) is 3. The van der Waals surface area contributed by atoms with E-state index in [1.165, 1.54) is 4.31 Å². The molecular formula is C12H17ClN2O2S. The van der Waals surface area contributed by atoms with Crippen LogP contribution in [0.15, 0.2) is 23.1 Å². The van der Waals surface area contributed by atoms with Crippen molar-refractivity contribution in [3.8, 4) is 0 Å². The van der Waals surface area contributed by atoms with Crippen LogP contribution in [0.25, 0.3) is 0 Å². The number of nitrogens with two attached hydrogens (primary N) is 1. The molecule has 100 valence electrons. The first-order valence-corrected chi connectivity index (χ1v) is 7.71. The normalized spacial score (nSPS) is 25.5. The van der Waals surface area contributed by atoms with E-state index in [0.717, 1.165) is 6.42 Å². The smallest absolute Gasteiger partial charge is 0.246 e. The van der Waals surface area contributed by atoms with E-state index >= 15 is 0 Å². The zero-order valence-electron chi connectivity index (χ0n) is 10.4. The van der Waals surface area contributed by atoms with Crippen molar-refractivity contribution in [2.24, 2.45) is 5.92 Å². The van der Waals surface area contributed by atoms with Crippen molar-refractivity contribution in [1.82, 2.24) is 4.31 Å². The monoisotopic (exact) mass is 288 g/mol. The number of nitrogen functional groups attached to an aromatic ring is 1. The van der Waals surface area contributed by atoms with Gasteiger partial charge in [0.1, 0.15) is 4.90 Å². The van der Waals surface area contributed by atoms with Crippen molar-refractivity contribution in [3.63, 3.8) is 0 Å². The fourth-order valence-electron chi connectivity index (χ4n) is 2.51. The largest absolute Gasteiger partial charge is 0.398 e. The molecule has 2 rings (SSSR count). The van der Waals surface area contributed by atoms with Gasteiger partial charge in [0.25, 0.3) is 0 Å². The molecule has 0 amide bonds. The van der Waals surface area contributed by atoms with Crippen molar-refractivity contribution in [2.75, 3.05) is 12.3 Å². The van der Waals surface area contributed by atoms with Crippen LogP contribution >= 0.6 is 11.6 Å². The summed E-state index contributed by atoms with van der Waals surface area (Å²) >= 11 is 5.99. The van der Waals surface area contributed by atoms with Crippen LogP contribution in [0.1, 0.15) is 20.3 Å². The molecule has 0 spiro atoms. The molecule has 18 heavy (non-hydrogen) atoms. The summed E-state index contributed by atoms with van der Waals surface area (Å²) in [7, 11) is -3.61. The number of nitrogens with zero attached hydrogens (tertiary/aromatic N) is 1. The second-order valence-corrected chi connectivity index (χ2v) is 7.16. The first-order chi connectivity index (χ1) is 8.34. The van der Waals surface area contributed by atoms with E-state index in [2.05, 4.69) is 0 Å². The van der Waals surface area contributed by atoms with E-state index in [9.17, 15) is 8.42 Å². The van der Waals surface area contributed by atoms with Gasteiger partial charge in [0.2, 0.25) is 10.0 Å². The lowest BCUT2D eigenvalue weighted by Crippen LogP contribution is -2.34. The predicted molar refractivity (Wildman–Crippen MR) is 73.0 cm³/mol. The zero-order valence-corrected chi connectivity index (χ0v) is 12.0. The Morgan fingerprint density at radius 3 is 2.56 bits per heavy atom. The molecule has 6 heteroatoms. The second-order valence-electron chi connectivity index (χ2n) is 4.92. The third-order valence-electron chi connectivity index (χ3n) is 3.29. The highest BCUT2D eigenvalue weighted by Gasteiger charge is 2.37. The first kappa shape index (κ1) is 13.6. The standard InChI is InChI=1S/C12H17ClN2O2S/c1-8-6-9(2)15(7-8)18(16,17)12-10(13)4-3-5-11(12)14/h3-5,8-9H,6-7,14H2,1-2H3. The van der Waals surface area contributed by atoms with Gasteiger partial charge < -0.3 is 5.73 Å².